The first-order chi connectivity index (χ1) is 17.3. The van der Waals surface area contributed by atoms with Crippen molar-refractivity contribution >= 4 is 69.7 Å². The highest BCUT2D eigenvalue weighted by Crippen LogP contribution is 2.39. The third-order valence-corrected chi connectivity index (χ3v) is 8.38. The zero-order valence-electron chi connectivity index (χ0n) is 18.7. The predicted octanol–water partition coefficient (Wildman–Crippen LogP) is 9.49. The minimum atomic E-state index is 0.975. The van der Waals surface area contributed by atoms with Crippen LogP contribution in [0.25, 0.3) is 56.2 Å². The number of fused-ring (bicyclic) bond motifs is 1. The van der Waals surface area contributed by atoms with Gasteiger partial charge in [0.1, 0.15) is 11.0 Å². The summed E-state index contributed by atoms with van der Waals surface area (Å²) in [6.07, 6.45) is 8.65. The summed E-state index contributed by atoms with van der Waals surface area (Å²) in [5, 5.41) is 0. The van der Waals surface area contributed by atoms with Gasteiger partial charge in [-0.3, -0.25) is 0 Å². The van der Waals surface area contributed by atoms with Crippen LogP contribution in [-0.4, -0.2) is 8.75 Å². The van der Waals surface area contributed by atoms with Gasteiger partial charge in [0.2, 0.25) is 0 Å². The van der Waals surface area contributed by atoms with Crippen LogP contribution in [0, 0.1) is 0 Å². The maximum Gasteiger partial charge on any atom is 0.114 e. The van der Waals surface area contributed by atoms with E-state index in [9.17, 15) is 0 Å². The van der Waals surface area contributed by atoms with Crippen molar-refractivity contribution in [1.82, 2.24) is 8.75 Å². The molecular weight excluding hydrogens is 485 g/mol. The zero-order chi connectivity index (χ0) is 23.5. The summed E-state index contributed by atoms with van der Waals surface area (Å²) >= 11 is 4.84. The van der Waals surface area contributed by atoms with Crippen LogP contribution in [0.1, 0.15) is 20.9 Å². The monoisotopic (exact) mass is 504 g/mol. The van der Waals surface area contributed by atoms with E-state index in [0.29, 0.717) is 0 Å². The van der Waals surface area contributed by atoms with Crippen molar-refractivity contribution in [3.63, 3.8) is 0 Å². The van der Waals surface area contributed by atoms with Gasteiger partial charge in [0.15, 0.2) is 0 Å². The summed E-state index contributed by atoms with van der Waals surface area (Å²) in [5.74, 6) is 0. The predicted molar refractivity (Wildman–Crippen MR) is 155 cm³/mol. The van der Waals surface area contributed by atoms with Gasteiger partial charge in [0.05, 0.1) is 11.7 Å². The summed E-state index contributed by atoms with van der Waals surface area (Å²) in [6, 6.07) is 33.8. The van der Waals surface area contributed by atoms with E-state index in [1.54, 1.807) is 22.7 Å². The van der Waals surface area contributed by atoms with Crippen molar-refractivity contribution < 1.29 is 0 Å². The molecule has 0 saturated heterocycles. The first-order valence-corrected chi connectivity index (χ1v) is 13.6. The van der Waals surface area contributed by atoms with Crippen molar-refractivity contribution in [2.75, 3.05) is 0 Å². The lowest BCUT2D eigenvalue weighted by atomic mass is 10.1. The fraction of sp³-hybridized carbons (Fsp3) is 0. The quantitative estimate of drug-likeness (QED) is 0.226. The molecule has 0 aliphatic rings. The van der Waals surface area contributed by atoms with E-state index in [0.717, 1.165) is 22.2 Å². The molecule has 0 unspecified atom stereocenters. The standard InChI is InChI=1S/C30H20N2S3/c1-3-7-21(8-4-1)11-13-23-15-19-27(33-23)25-17-18-26(30-29(25)31-35-32-30)28-20-16-24(34-28)14-12-22-9-5-2-6-10-22/h1-20H/b13-11+,14-12+. The average Bonchev–Trinajstić information content (AvgIpc) is 3.68. The topological polar surface area (TPSA) is 25.8 Å². The zero-order valence-corrected chi connectivity index (χ0v) is 21.1. The molecule has 0 aliphatic carbocycles. The number of hydrogen-bond acceptors (Lipinski definition) is 5. The molecule has 0 spiro atoms. The van der Waals surface area contributed by atoms with Gasteiger partial charge in [-0.2, -0.15) is 8.75 Å². The molecule has 0 atom stereocenters. The van der Waals surface area contributed by atoms with Gasteiger partial charge in [-0.25, -0.2) is 0 Å². The summed E-state index contributed by atoms with van der Waals surface area (Å²) in [5.41, 5.74) is 6.63. The molecule has 0 amide bonds. The third-order valence-electron chi connectivity index (χ3n) is 5.68. The second-order valence-electron chi connectivity index (χ2n) is 8.01. The van der Waals surface area contributed by atoms with Crippen LogP contribution in [0.3, 0.4) is 0 Å². The van der Waals surface area contributed by atoms with Crippen LogP contribution in [0.15, 0.2) is 97.1 Å². The largest absolute Gasteiger partial charge is 0.172 e. The Morgan fingerprint density at radius 3 is 1.37 bits per heavy atom. The highest BCUT2D eigenvalue weighted by molar-refractivity contribution is 7.17. The van der Waals surface area contributed by atoms with Gasteiger partial charge in [-0.15, -0.1) is 22.7 Å². The maximum atomic E-state index is 4.68. The molecule has 6 aromatic rings. The van der Waals surface area contributed by atoms with Gasteiger partial charge in [0.25, 0.3) is 0 Å². The van der Waals surface area contributed by atoms with Gasteiger partial charge in [0, 0.05) is 30.6 Å². The van der Waals surface area contributed by atoms with Crippen LogP contribution < -0.4 is 0 Å². The van der Waals surface area contributed by atoms with Gasteiger partial charge in [-0.05, 0) is 47.5 Å². The fourth-order valence-electron chi connectivity index (χ4n) is 3.92. The van der Waals surface area contributed by atoms with E-state index < -0.39 is 0 Å². The molecular formula is C30H20N2S3. The molecule has 3 heterocycles. The summed E-state index contributed by atoms with van der Waals surface area (Å²) in [7, 11) is 0. The Morgan fingerprint density at radius 1 is 0.457 bits per heavy atom. The second kappa shape index (κ2) is 9.92. The Kier molecular flexibility index (Phi) is 6.20. The smallest absolute Gasteiger partial charge is 0.114 e. The molecule has 6 rings (SSSR count). The Balaban J connectivity index is 1.28. The van der Waals surface area contributed by atoms with Gasteiger partial charge < -0.3 is 0 Å². The first kappa shape index (κ1) is 21.9. The second-order valence-corrected chi connectivity index (χ2v) is 10.8. The lowest BCUT2D eigenvalue weighted by Gasteiger charge is -2.03. The van der Waals surface area contributed by atoms with E-state index in [1.165, 1.54) is 42.4 Å². The fourth-order valence-corrected chi connectivity index (χ4v) is 6.37. The number of nitrogens with zero attached hydrogens (tertiary/aromatic N) is 2. The maximum absolute atomic E-state index is 4.68. The van der Waals surface area contributed by atoms with E-state index in [1.807, 2.05) is 12.1 Å². The molecule has 0 bridgehead atoms. The number of rotatable bonds is 6. The van der Waals surface area contributed by atoms with Crippen LogP contribution in [0.2, 0.25) is 0 Å². The normalized spacial score (nSPS) is 11.8. The van der Waals surface area contributed by atoms with Gasteiger partial charge in [-0.1, -0.05) is 84.9 Å². The SMILES string of the molecule is C(=C\c1ccc(-c2ccc(-c3ccc(/C=C/c4ccccc4)s3)c3nsnc23)s1)/c1ccccc1. The highest BCUT2D eigenvalue weighted by atomic mass is 32.1. The molecule has 35 heavy (non-hydrogen) atoms. The Morgan fingerprint density at radius 2 is 0.914 bits per heavy atom. The van der Waals surface area contributed by atoms with E-state index in [-0.39, 0.29) is 0 Å². The number of aromatic nitrogens is 2. The molecule has 3 aromatic heterocycles. The summed E-state index contributed by atoms with van der Waals surface area (Å²) < 4.78 is 9.35. The molecule has 0 saturated carbocycles. The van der Waals surface area contributed by atoms with Crippen molar-refractivity contribution in [3.8, 4) is 20.9 Å². The minimum absolute atomic E-state index is 0.975. The molecule has 5 heteroatoms. The molecule has 0 aliphatic heterocycles. The third kappa shape index (κ3) is 4.80. The Labute approximate surface area is 216 Å². The van der Waals surface area contributed by atoms with Crippen LogP contribution in [0.4, 0.5) is 0 Å². The lowest BCUT2D eigenvalue weighted by Crippen LogP contribution is -1.81. The molecule has 0 N–H and O–H groups in total. The molecule has 2 nitrogen and oxygen atoms in total. The van der Waals surface area contributed by atoms with E-state index in [2.05, 4.69) is 118 Å². The van der Waals surface area contributed by atoms with Crippen molar-refractivity contribution in [3.05, 3.63) is 118 Å². The Hall–Kier alpha value is -3.64. The molecule has 0 radical (unpaired) electrons. The summed E-state index contributed by atoms with van der Waals surface area (Å²) in [6.45, 7) is 0. The van der Waals surface area contributed by atoms with Crippen molar-refractivity contribution in [1.29, 1.82) is 0 Å². The van der Waals surface area contributed by atoms with E-state index >= 15 is 0 Å². The number of benzene rings is 3. The molecule has 0 fully saturated rings. The number of thiophene rings is 2. The highest BCUT2D eigenvalue weighted by Gasteiger charge is 2.15. The summed E-state index contributed by atoms with van der Waals surface area (Å²) in [4.78, 5) is 4.86. The molecule has 3 aromatic carbocycles. The lowest BCUT2D eigenvalue weighted by molar-refractivity contribution is 1.63. The van der Waals surface area contributed by atoms with E-state index in [4.69, 9.17) is 0 Å². The Bertz CT molecular complexity index is 1520. The van der Waals surface area contributed by atoms with Crippen LogP contribution in [0.5, 0.6) is 0 Å². The minimum Gasteiger partial charge on any atom is -0.172 e. The van der Waals surface area contributed by atoms with Crippen LogP contribution >= 0.6 is 34.4 Å². The average molecular weight is 505 g/mol. The van der Waals surface area contributed by atoms with Crippen LogP contribution in [-0.2, 0) is 0 Å². The van der Waals surface area contributed by atoms with Crippen molar-refractivity contribution in [2.45, 2.75) is 0 Å². The molecule has 168 valence electrons. The number of hydrogen-bond donors (Lipinski definition) is 0. The van der Waals surface area contributed by atoms with Crippen molar-refractivity contribution in [2.24, 2.45) is 0 Å². The first-order valence-electron chi connectivity index (χ1n) is 11.3. The van der Waals surface area contributed by atoms with Gasteiger partial charge >= 0.3 is 0 Å².